The maximum absolute atomic E-state index is 13.0. The van der Waals surface area contributed by atoms with Crippen LogP contribution in [0.25, 0.3) is 0 Å². The maximum atomic E-state index is 13.0. The SMILES string of the molecule is Cl.Cl.NCC(F)(F)CNC(=O)C1CC(=O)N(CCN2CCOCC2)C1. The predicted molar refractivity (Wildman–Crippen MR) is 93.5 cm³/mol. The first-order chi connectivity index (χ1) is 10.9. The molecule has 1 atom stereocenters. The number of halogens is 4. The van der Waals surface area contributed by atoms with E-state index < -0.39 is 30.8 Å². The van der Waals surface area contributed by atoms with E-state index in [1.54, 1.807) is 4.90 Å². The Morgan fingerprint density at radius 1 is 1.28 bits per heavy atom. The highest BCUT2D eigenvalue weighted by Gasteiger charge is 2.36. The molecule has 0 bridgehead atoms. The number of nitrogens with two attached hydrogens (primary N) is 1. The van der Waals surface area contributed by atoms with Crippen LogP contribution in [-0.2, 0) is 14.3 Å². The van der Waals surface area contributed by atoms with E-state index in [2.05, 4.69) is 10.2 Å². The highest BCUT2D eigenvalue weighted by atomic mass is 35.5. The van der Waals surface area contributed by atoms with Crippen molar-refractivity contribution >= 4 is 36.6 Å². The molecule has 0 radical (unpaired) electrons. The highest BCUT2D eigenvalue weighted by Crippen LogP contribution is 2.18. The van der Waals surface area contributed by atoms with Crippen molar-refractivity contribution in [1.82, 2.24) is 15.1 Å². The van der Waals surface area contributed by atoms with E-state index in [9.17, 15) is 18.4 Å². The molecule has 0 spiro atoms. The summed E-state index contributed by atoms with van der Waals surface area (Å²) in [6, 6.07) is 0. The number of amides is 2. The normalized spacial score (nSPS) is 21.5. The molecule has 2 fully saturated rings. The first-order valence-corrected chi connectivity index (χ1v) is 7.85. The summed E-state index contributed by atoms with van der Waals surface area (Å²) < 4.78 is 31.4. The number of ether oxygens (including phenoxy) is 1. The Morgan fingerprint density at radius 3 is 2.52 bits per heavy atom. The number of carbonyl (C=O) groups is 2. The molecule has 0 aromatic rings. The first kappa shape index (κ1) is 24.3. The number of likely N-dealkylation sites (tertiary alicyclic amines) is 1. The minimum Gasteiger partial charge on any atom is -0.379 e. The molecule has 2 rings (SSSR count). The van der Waals surface area contributed by atoms with Crippen molar-refractivity contribution in [3.8, 4) is 0 Å². The van der Waals surface area contributed by atoms with Gasteiger partial charge in [0.15, 0.2) is 0 Å². The molecule has 2 heterocycles. The lowest BCUT2D eigenvalue weighted by Gasteiger charge is -2.28. The second-order valence-corrected chi connectivity index (χ2v) is 5.97. The molecule has 11 heteroatoms. The lowest BCUT2D eigenvalue weighted by molar-refractivity contribution is -0.129. The molecule has 3 N–H and O–H groups in total. The van der Waals surface area contributed by atoms with Gasteiger partial charge in [0.25, 0.3) is 5.92 Å². The average molecular weight is 407 g/mol. The summed E-state index contributed by atoms with van der Waals surface area (Å²) in [6.45, 7) is 2.99. The molecule has 2 amide bonds. The molecule has 0 aliphatic carbocycles. The molecule has 1 unspecified atom stereocenters. The molecule has 0 aromatic heterocycles. The third-order valence-electron chi connectivity index (χ3n) is 4.20. The van der Waals surface area contributed by atoms with Crippen molar-refractivity contribution in [2.75, 3.05) is 59.0 Å². The quantitative estimate of drug-likeness (QED) is 0.606. The van der Waals surface area contributed by atoms with Gasteiger partial charge >= 0.3 is 0 Å². The molecular weight excluding hydrogens is 381 g/mol. The summed E-state index contributed by atoms with van der Waals surface area (Å²) in [5.74, 6) is -4.31. The second kappa shape index (κ2) is 11.1. The Morgan fingerprint density at radius 2 is 1.92 bits per heavy atom. The largest absolute Gasteiger partial charge is 0.379 e. The van der Waals surface area contributed by atoms with Gasteiger partial charge in [-0.05, 0) is 0 Å². The van der Waals surface area contributed by atoms with E-state index in [1.807, 2.05) is 0 Å². The van der Waals surface area contributed by atoms with Gasteiger partial charge in [0.1, 0.15) is 0 Å². The van der Waals surface area contributed by atoms with Crippen LogP contribution < -0.4 is 11.1 Å². The Bertz CT molecular complexity index is 440. The van der Waals surface area contributed by atoms with Crippen LogP contribution in [0.3, 0.4) is 0 Å². The molecule has 2 aliphatic heterocycles. The minimum absolute atomic E-state index is 0. The lowest BCUT2D eigenvalue weighted by Crippen LogP contribution is -2.44. The zero-order valence-corrected chi connectivity index (χ0v) is 15.6. The molecule has 148 valence electrons. The number of nitrogens with one attached hydrogen (secondary N) is 1. The summed E-state index contributed by atoms with van der Waals surface area (Å²) in [7, 11) is 0. The minimum atomic E-state index is -3.12. The molecular formula is C14H26Cl2F2N4O3. The van der Waals surface area contributed by atoms with Crippen LogP contribution in [0.15, 0.2) is 0 Å². The summed E-state index contributed by atoms with van der Waals surface area (Å²) in [6.07, 6.45) is 0.0726. The Balaban J connectivity index is 0.00000288. The summed E-state index contributed by atoms with van der Waals surface area (Å²) in [5.41, 5.74) is 4.92. The number of carbonyl (C=O) groups excluding carboxylic acids is 2. The van der Waals surface area contributed by atoms with Crippen molar-refractivity contribution < 1.29 is 23.1 Å². The summed E-state index contributed by atoms with van der Waals surface area (Å²) in [4.78, 5) is 27.7. The second-order valence-electron chi connectivity index (χ2n) is 5.97. The predicted octanol–water partition coefficient (Wildman–Crippen LogP) is -0.279. The van der Waals surface area contributed by atoms with E-state index in [1.165, 1.54) is 0 Å². The number of morpholine rings is 1. The van der Waals surface area contributed by atoms with Gasteiger partial charge in [0, 0.05) is 39.1 Å². The van der Waals surface area contributed by atoms with Gasteiger partial charge in [-0.1, -0.05) is 0 Å². The Hall–Kier alpha value is -0.740. The molecule has 0 saturated carbocycles. The van der Waals surface area contributed by atoms with Crippen molar-refractivity contribution in [3.63, 3.8) is 0 Å². The fourth-order valence-corrected chi connectivity index (χ4v) is 2.68. The first-order valence-electron chi connectivity index (χ1n) is 7.85. The van der Waals surface area contributed by atoms with Gasteiger partial charge in [-0.2, -0.15) is 0 Å². The number of hydrogen-bond acceptors (Lipinski definition) is 5. The molecule has 2 aliphatic rings. The van der Waals surface area contributed by atoms with Crippen LogP contribution >= 0.6 is 24.8 Å². The molecule has 7 nitrogen and oxygen atoms in total. The van der Waals surface area contributed by atoms with Crippen molar-refractivity contribution in [1.29, 1.82) is 0 Å². The van der Waals surface area contributed by atoms with Gasteiger partial charge in [-0.3, -0.25) is 14.5 Å². The number of rotatable bonds is 7. The van der Waals surface area contributed by atoms with Gasteiger partial charge in [0.2, 0.25) is 11.8 Å². The zero-order valence-electron chi connectivity index (χ0n) is 13.9. The van der Waals surface area contributed by atoms with Crippen LogP contribution in [0, 0.1) is 5.92 Å². The number of alkyl halides is 2. The van der Waals surface area contributed by atoms with Gasteiger partial charge in [0.05, 0.1) is 32.2 Å². The topological polar surface area (TPSA) is 87.9 Å². The fraction of sp³-hybridized carbons (Fsp3) is 0.857. The van der Waals surface area contributed by atoms with E-state index >= 15 is 0 Å². The van der Waals surface area contributed by atoms with Crippen LogP contribution in [0.4, 0.5) is 8.78 Å². The van der Waals surface area contributed by atoms with Crippen molar-refractivity contribution in [2.24, 2.45) is 11.7 Å². The van der Waals surface area contributed by atoms with Gasteiger partial charge in [-0.25, -0.2) is 8.78 Å². The average Bonchev–Trinajstić information content (AvgIpc) is 2.93. The van der Waals surface area contributed by atoms with E-state index in [4.69, 9.17) is 10.5 Å². The third kappa shape index (κ3) is 7.57. The van der Waals surface area contributed by atoms with Gasteiger partial charge in [-0.15, -0.1) is 24.8 Å². The van der Waals surface area contributed by atoms with Crippen LogP contribution in [-0.4, -0.2) is 86.6 Å². The molecule has 25 heavy (non-hydrogen) atoms. The van der Waals surface area contributed by atoms with Crippen LogP contribution in [0.2, 0.25) is 0 Å². The van der Waals surface area contributed by atoms with Crippen molar-refractivity contribution in [2.45, 2.75) is 12.3 Å². The van der Waals surface area contributed by atoms with Crippen molar-refractivity contribution in [3.05, 3.63) is 0 Å². The number of nitrogens with zero attached hydrogens (tertiary/aromatic N) is 2. The standard InChI is InChI=1S/C14H24F2N4O3.2ClH/c15-14(16,9-17)10-18-13(22)11-7-12(21)20(8-11)2-1-19-3-5-23-6-4-19;;/h11H,1-10,17H2,(H,18,22);2*1H. The maximum Gasteiger partial charge on any atom is 0.277 e. The Kier molecular flexibility index (Phi) is 10.7. The zero-order chi connectivity index (χ0) is 16.9. The van der Waals surface area contributed by atoms with Crippen LogP contribution in [0.1, 0.15) is 6.42 Å². The summed E-state index contributed by atoms with van der Waals surface area (Å²) in [5, 5.41) is 2.19. The summed E-state index contributed by atoms with van der Waals surface area (Å²) >= 11 is 0. The van der Waals surface area contributed by atoms with Crippen LogP contribution in [0.5, 0.6) is 0 Å². The monoisotopic (exact) mass is 406 g/mol. The molecule has 0 aromatic carbocycles. The molecule has 2 saturated heterocycles. The van der Waals surface area contributed by atoms with Gasteiger partial charge < -0.3 is 20.7 Å². The fourth-order valence-electron chi connectivity index (χ4n) is 2.68. The van der Waals surface area contributed by atoms with E-state index in [-0.39, 0.29) is 43.7 Å². The highest BCUT2D eigenvalue weighted by molar-refractivity contribution is 5.89. The number of hydrogen-bond donors (Lipinski definition) is 2. The smallest absolute Gasteiger partial charge is 0.277 e. The van der Waals surface area contributed by atoms with E-state index in [0.717, 1.165) is 19.6 Å². The lowest BCUT2D eigenvalue weighted by atomic mass is 10.1. The third-order valence-corrected chi connectivity index (χ3v) is 4.20. The van der Waals surface area contributed by atoms with E-state index in [0.29, 0.717) is 19.8 Å². The Labute approximate surface area is 158 Å².